The van der Waals surface area contributed by atoms with E-state index in [9.17, 15) is 4.79 Å². The quantitative estimate of drug-likeness (QED) is 0.684. The molecule has 0 radical (unpaired) electrons. The van der Waals surface area contributed by atoms with Gasteiger partial charge in [-0.2, -0.15) is 0 Å². The third kappa shape index (κ3) is 2.68. The number of fused-ring (bicyclic) bond motifs is 1. The van der Waals surface area contributed by atoms with Gasteiger partial charge in [-0.15, -0.1) is 0 Å². The van der Waals surface area contributed by atoms with Crippen molar-refractivity contribution in [1.82, 2.24) is 20.3 Å². The average Bonchev–Trinajstić information content (AvgIpc) is 3.23. The molecule has 1 amide bonds. The van der Waals surface area contributed by atoms with Crippen LogP contribution in [0.5, 0.6) is 0 Å². The van der Waals surface area contributed by atoms with Crippen molar-refractivity contribution in [1.29, 1.82) is 0 Å². The topological polar surface area (TPSA) is 95.8 Å². The standard InChI is InChI=1S/C16H15N5O2/c22-15-11-8-14(20-12(11)3-5-17-15)13-4-6-18-16(21-13)19-9-10-2-1-7-23-10/h1-2,4,6-8,20H,3,5,9H2,(H,17,22)(H,18,19,21). The zero-order valence-electron chi connectivity index (χ0n) is 12.3. The van der Waals surface area contributed by atoms with E-state index < -0.39 is 0 Å². The Bertz CT molecular complexity index is 838. The van der Waals surface area contributed by atoms with Crippen molar-refractivity contribution in [2.45, 2.75) is 13.0 Å². The summed E-state index contributed by atoms with van der Waals surface area (Å²) in [5.41, 5.74) is 3.20. The van der Waals surface area contributed by atoms with Crippen LogP contribution in [0.15, 0.2) is 41.1 Å². The summed E-state index contributed by atoms with van der Waals surface area (Å²) in [7, 11) is 0. The number of nitrogens with zero attached hydrogens (tertiary/aromatic N) is 2. The number of anilines is 1. The molecular formula is C16H15N5O2. The zero-order chi connectivity index (χ0) is 15.6. The zero-order valence-corrected chi connectivity index (χ0v) is 12.3. The lowest BCUT2D eigenvalue weighted by atomic mass is 10.1. The van der Waals surface area contributed by atoms with E-state index in [0.29, 0.717) is 24.6 Å². The molecule has 4 rings (SSSR count). The summed E-state index contributed by atoms with van der Waals surface area (Å²) in [6, 6.07) is 7.37. The van der Waals surface area contributed by atoms with Crippen LogP contribution >= 0.6 is 0 Å². The van der Waals surface area contributed by atoms with E-state index in [2.05, 4.69) is 25.6 Å². The molecule has 3 aromatic heterocycles. The molecule has 0 unspecified atom stereocenters. The Labute approximate surface area is 132 Å². The molecule has 4 heterocycles. The number of hydrogen-bond acceptors (Lipinski definition) is 5. The number of carbonyl (C=O) groups is 1. The summed E-state index contributed by atoms with van der Waals surface area (Å²) in [6.07, 6.45) is 4.12. The second-order valence-corrected chi connectivity index (χ2v) is 5.28. The molecule has 0 saturated carbocycles. The summed E-state index contributed by atoms with van der Waals surface area (Å²) in [4.78, 5) is 23.8. The van der Waals surface area contributed by atoms with Gasteiger partial charge >= 0.3 is 0 Å². The van der Waals surface area contributed by atoms with Crippen LogP contribution in [-0.2, 0) is 13.0 Å². The normalized spacial score (nSPS) is 13.5. The number of amides is 1. The Morgan fingerprint density at radius 3 is 3.13 bits per heavy atom. The minimum Gasteiger partial charge on any atom is -0.467 e. The first-order valence-electron chi connectivity index (χ1n) is 7.39. The van der Waals surface area contributed by atoms with Gasteiger partial charge < -0.3 is 20.0 Å². The van der Waals surface area contributed by atoms with E-state index in [4.69, 9.17) is 4.42 Å². The Hall–Kier alpha value is -3.09. The molecular weight excluding hydrogens is 294 g/mol. The Morgan fingerprint density at radius 1 is 1.35 bits per heavy atom. The van der Waals surface area contributed by atoms with Crippen LogP contribution in [0.3, 0.4) is 0 Å². The fourth-order valence-electron chi connectivity index (χ4n) is 2.60. The van der Waals surface area contributed by atoms with Crippen LogP contribution in [0.25, 0.3) is 11.4 Å². The lowest BCUT2D eigenvalue weighted by Crippen LogP contribution is -2.31. The number of carbonyl (C=O) groups excluding carboxylic acids is 1. The highest BCUT2D eigenvalue weighted by Gasteiger charge is 2.20. The number of aromatic nitrogens is 3. The van der Waals surface area contributed by atoms with Gasteiger partial charge in [0, 0.05) is 24.9 Å². The van der Waals surface area contributed by atoms with E-state index in [1.807, 2.05) is 24.3 Å². The van der Waals surface area contributed by atoms with Gasteiger partial charge in [0.15, 0.2) is 0 Å². The van der Waals surface area contributed by atoms with Crippen LogP contribution in [0, 0.1) is 0 Å². The van der Waals surface area contributed by atoms with Gasteiger partial charge in [0.2, 0.25) is 5.95 Å². The van der Waals surface area contributed by atoms with Crippen LogP contribution in [0.2, 0.25) is 0 Å². The van der Waals surface area contributed by atoms with Crippen molar-refractivity contribution in [3.8, 4) is 11.4 Å². The van der Waals surface area contributed by atoms with Crippen molar-refractivity contribution >= 4 is 11.9 Å². The molecule has 0 aromatic carbocycles. The molecule has 7 heteroatoms. The van der Waals surface area contributed by atoms with Crippen molar-refractivity contribution in [3.05, 3.63) is 53.7 Å². The second-order valence-electron chi connectivity index (χ2n) is 5.28. The van der Waals surface area contributed by atoms with E-state index >= 15 is 0 Å². The summed E-state index contributed by atoms with van der Waals surface area (Å²) in [6.45, 7) is 1.17. The molecule has 116 valence electrons. The molecule has 3 N–H and O–H groups in total. The minimum absolute atomic E-state index is 0.0426. The lowest BCUT2D eigenvalue weighted by Gasteiger charge is -2.10. The number of H-pyrrole nitrogens is 1. The van der Waals surface area contributed by atoms with Gasteiger partial charge in [-0.1, -0.05) is 0 Å². The maximum absolute atomic E-state index is 11.8. The van der Waals surface area contributed by atoms with Gasteiger partial charge in [0.1, 0.15) is 5.76 Å². The first-order chi connectivity index (χ1) is 11.3. The predicted octanol–water partition coefficient (Wildman–Crippen LogP) is 1.96. The highest BCUT2D eigenvalue weighted by Crippen LogP contribution is 2.23. The third-order valence-corrected chi connectivity index (χ3v) is 3.74. The summed E-state index contributed by atoms with van der Waals surface area (Å²) in [5, 5.41) is 5.95. The molecule has 0 aliphatic carbocycles. The van der Waals surface area contributed by atoms with E-state index in [1.54, 1.807) is 12.5 Å². The summed E-state index contributed by atoms with van der Waals surface area (Å²) >= 11 is 0. The number of furan rings is 1. The highest BCUT2D eigenvalue weighted by atomic mass is 16.3. The number of hydrogen-bond donors (Lipinski definition) is 3. The molecule has 0 spiro atoms. The molecule has 23 heavy (non-hydrogen) atoms. The fraction of sp³-hybridized carbons (Fsp3) is 0.188. The van der Waals surface area contributed by atoms with Crippen molar-refractivity contribution in [2.24, 2.45) is 0 Å². The Kier molecular flexibility index (Phi) is 3.30. The Balaban J connectivity index is 1.57. The van der Waals surface area contributed by atoms with Crippen LogP contribution in [0.1, 0.15) is 21.8 Å². The van der Waals surface area contributed by atoms with E-state index in [1.165, 1.54) is 0 Å². The smallest absolute Gasteiger partial charge is 0.253 e. The fourth-order valence-corrected chi connectivity index (χ4v) is 2.60. The molecule has 7 nitrogen and oxygen atoms in total. The highest BCUT2D eigenvalue weighted by molar-refractivity contribution is 5.97. The molecule has 0 bridgehead atoms. The molecule has 0 atom stereocenters. The van der Waals surface area contributed by atoms with Gasteiger partial charge in [0.05, 0.1) is 29.8 Å². The first-order valence-corrected chi connectivity index (χ1v) is 7.39. The maximum Gasteiger partial charge on any atom is 0.253 e. The van der Waals surface area contributed by atoms with E-state index in [-0.39, 0.29) is 5.91 Å². The van der Waals surface area contributed by atoms with Crippen LogP contribution in [0.4, 0.5) is 5.95 Å². The van der Waals surface area contributed by atoms with Gasteiger partial charge in [-0.25, -0.2) is 9.97 Å². The van der Waals surface area contributed by atoms with Crippen LogP contribution in [-0.4, -0.2) is 27.4 Å². The Morgan fingerprint density at radius 2 is 2.30 bits per heavy atom. The number of rotatable bonds is 4. The number of nitrogens with one attached hydrogen (secondary N) is 3. The second kappa shape index (κ2) is 5.60. The number of aromatic amines is 1. The van der Waals surface area contributed by atoms with Crippen molar-refractivity contribution < 1.29 is 9.21 Å². The summed E-state index contributed by atoms with van der Waals surface area (Å²) < 4.78 is 5.27. The third-order valence-electron chi connectivity index (χ3n) is 3.74. The van der Waals surface area contributed by atoms with Crippen LogP contribution < -0.4 is 10.6 Å². The largest absolute Gasteiger partial charge is 0.467 e. The minimum atomic E-state index is -0.0426. The average molecular weight is 309 g/mol. The van der Waals surface area contributed by atoms with E-state index in [0.717, 1.165) is 29.3 Å². The van der Waals surface area contributed by atoms with Crippen molar-refractivity contribution in [3.63, 3.8) is 0 Å². The first kappa shape index (κ1) is 13.6. The monoisotopic (exact) mass is 309 g/mol. The van der Waals surface area contributed by atoms with Gasteiger partial charge in [-0.3, -0.25) is 4.79 Å². The van der Waals surface area contributed by atoms with Gasteiger partial charge in [-0.05, 0) is 24.3 Å². The lowest BCUT2D eigenvalue weighted by molar-refractivity contribution is 0.0946. The molecule has 0 fully saturated rings. The SMILES string of the molecule is O=C1NCCc2[nH]c(-c3ccnc(NCc4ccco4)n3)cc21. The maximum atomic E-state index is 11.8. The summed E-state index contributed by atoms with van der Waals surface area (Å²) in [5.74, 6) is 1.28. The molecule has 1 aliphatic heterocycles. The molecule has 0 saturated heterocycles. The van der Waals surface area contributed by atoms with Crippen molar-refractivity contribution in [2.75, 3.05) is 11.9 Å². The molecule has 3 aromatic rings. The molecule has 1 aliphatic rings. The predicted molar refractivity (Wildman–Crippen MR) is 83.9 cm³/mol. The van der Waals surface area contributed by atoms with Gasteiger partial charge in [0.25, 0.3) is 5.91 Å².